The van der Waals surface area contributed by atoms with Crippen LogP contribution >= 0.6 is 11.3 Å². The number of hydrogen-bond donors (Lipinski definition) is 2. The monoisotopic (exact) mass is 412 g/mol. The number of nitrogens with one attached hydrogen (secondary N) is 2. The Bertz CT molecular complexity index is 1050. The number of H-pyrrole nitrogens is 1. The molecule has 0 bridgehead atoms. The number of ether oxygens (including phenoxy) is 1. The third-order valence-electron chi connectivity index (χ3n) is 4.29. The molecule has 0 atom stereocenters. The van der Waals surface area contributed by atoms with Crippen molar-refractivity contribution in [3.8, 4) is 5.75 Å². The van der Waals surface area contributed by atoms with Crippen LogP contribution in [0.25, 0.3) is 0 Å². The molecular weight excluding hydrogens is 388 g/mol. The van der Waals surface area contributed by atoms with Crippen LogP contribution in [0, 0.1) is 6.92 Å². The molecule has 8 heteroatoms. The summed E-state index contributed by atoms with van der Waals surface area (Å²) in [6.07, 6.45) is 1.27. The van der Waals surface area contributed by atoms with E-state index in [0.29, 0.717) is 11.6 Å². The highest BCUT2D eigenvalue weighted by atomic mass is 32.1. The Labute approximate surface area is 173 Å². The molecule has 0 aliphatic carbocycles. The molecule has 3 rings (SSSR count). The SMILES string of the molecule is Cc1nc(CNC(=O)c2cnc(COc3ccc(C(C)(C)C)cc3)[nH]c2=O)cs1. The molecule has 2 N–H and O–H groups in total. The lowest BCUT2D eigenvalue weighted by molar-refractivity contribution is 0.0948. The fourth-order valence-corrected chi connectivity index (χ4v) is 3.24. The van der Waals surface area contributed by atoms with Crippen LogP contribution in [0.4, 0.5) is 0 Å². The molecule has 0 aliphatic heterocycles. The summed E-state index contributed by atoms with van der Waals surface area (Å²) in [5.74, 6) is 0.539. The Morgan fingerprint density at radius 3 is 2.55 bits per heavy atom. The maximum Gasteiger partial charge on any atom is 0.263 e. The fourth-order valence-electron chi connectivity index (χ4n) is 2.63. The Morgan fingerprint density at radius 2 is 1.97 bits per heavy atom. The lowest BCUT2D eigenvalue weighted by Gasteiger charge is -2.19. The van der Waals surface area contributed by atoms with Crippen LogP contribution in [-0.2, 0) is 18.6 Å². The largest absolute Gasteiger partial charge is 0.486 e. The van der Waals surface area contributed by atoms with Gasteiger partial charge in [0.15, 0.2) is 0 Å². The minimum absolute atomic E-state index is 0.0461. The minimum atomic E-state index is -0.506. The third kappa shape index (κ3) is 5.51. The van der Waals surface area contributed by atoms with E-state index in [0.717, 1.165) is 10.7 Å². The van der Waals surface area contributed by atoms with Crippen molar-refractivity contribution < 1.29 is 9.53 Å². The normalized spacial score (nSPS) is 11.3. The van der Waals surface area contributed by atoms with Gasteiger partial charge in [-0.3, -0.25) is 9.59 Å². The van der Waals surface area contributed by atoms with Gasteiger partial charge in [0.1, 0.15) is 23.7 Å². The Morgan fingerprint density at radius 1 is 1.24 bits per heavy atom. The van der Waals surface area contributed by atoms with Crippen LogP contribution < -0.4 is 15.6 Å². The highest BCUT2D eigenvalue weighted by Gasteiger charge is 2.14. The van der Waals surface area contributed by atoms with Crippen LogP contribution in [0.2, 0.25) is 0 Å². The number of amides is 1. The van der Waals surface area contributed by atoms with E-state index in [-0.39, 0.29) is 24.1 Å². The van der Waals surface area contributed by atoms with E-state index in [2.05, 4.69) is 41.0 Å². The van der Waals surface area contributed by atoms with Gasteiger partial charge in [0.25, 0.3) is 11.5 Å². The number of hydrogen-bond acceptors (Lipinski definition) is 6. The lowest BCUT2D eigenvalue weighted by Crippen LogP contribution is -2.30. The van der Waals surface area contributed by atoms with Gasteiger partial charge in [-0.1, -0.05) is 32.9 Å². The summed E-state index contributed by atoms with van der Waals surface area (Å²) >= 11 is 1.51. The number of rotatable bonds is 6. The minimum Gasteiger partial charge on any atom is -0.486 e. The van der Waals surface area contributed by atoms with E-state index >= 15 is 0 Å². The molecular formula is C21H24N4O3S. The van der Waals surface area contributed by atoms with Crippen molar-refractivity contribution in [1.82, 2.24) is 20.3 Å². The van der Waals surface area contributed by atoms with Crippen molar-refractivity contribution in [2.24, 2.45) is 0 Å². The van der Waals surface area contributed by atoms with E-state index in [1.807, 2.05) is 36.6 Å². The highest BCUT2D eigenvalue weighted by Crippen LogP contribution is 2.24. The van der Waals surface area contributed by atoms with Crippen molar-refractivity contribution in [3.63, 3.8) is 0 Å². The van der Waals surface area contributed by atoms with Crippen LogP contribution in [0.1, 0.15) is 53.2 Å². The average molecular weight is 413 g/mol. The maximum absolute atomic E-state index is 12.2. The van der Waals surface area contributed by atoms with Crippen molar-refractivity contribution in [2.45, 2.75) is 46.3 Å². The summed E-state index contributed by atoms with van der Waals surface area (Å²) in [7, 11) is 0. The van der Waals surface area contributed by atoms with Crippen LogP contribution in [0.3, 0.4) is 0 Å². The molecule has 0 fully saturated rings. The number of thiazole rings is 1. The number of nitrogens with zero attached hydrogens (tertiary/aromatic N) is 2. The van der Waals surface area contributed by atoms with Crippen LogP contribution in [0.5, 0.6) is 5.75 Å². The molecule has 3 aromatic rings. The van der Waals surface area contributed by atoms with Crippen molar-refractivity contribution in [1.29, 1.82) is 0 Å². The molecule has 0 saturated heterocycles. The first-order chi connectivity index (χ1) is 13.7. The molecule has 0 radical (unpaired) electrons. The molecule has 2 heterocycles. The van der Waals surface area contributed by atoms with Crippen molar-refractivity contribution in [2.75, 3.05) is 0 Å². The molecule has 1 amide bonds. The Hall–Kier alpha value is -3.00. The predicted octanol–water partition coefficient (Wildman–Crippen LogP) is 3.34. The molecule has 0 aliphatic rings. The number of benzene rings is 1. The summed E-state index contributed by atoms with van der Waals surface area (Å²) in [6.45, 7) is 8.69. The number of aryl methyl sites for hydroxylation is 1. The maximum atomic E-state index is 12.2. The number of carbonyl (C=O) groups is 1. The van der Waals surface area contributed by atoms with E-state index in [9.17, 15) is 9.59 Å². The number of aromatic nitrogens is 3. The molecule has 29 heavy (non-hydrogen) atoms. The van der Waals surface area contributed by atoms with E-state index in [4.69, 9.17) is 4.74 Å². The molecule has 152 valence electrons. The van der Waals surface area contributed by atoms with Gasteiger partial charge in [0, 0.05) is 11.6 Å². The topological polar surface area (TPSA) is 97.0 Å². The van der Waals surface area contributed by atoms with Crippen molar-refractivity contribution in [3.05, 3.63) is 73.8 Å². The quantitative estimate of drug-likeness (QED) is 0.647. The zero-order valence-corrected chi connectivity index (χ0v) is 17.7. The summed E-state index contributed by atoms with van der Waals surface area (Å²) in [5, 5.41) is 5.47. The van der Waals surface area contributed by atoms with E-state index in [1.165, 1.54) is 23.1 Å². The molecule has 0 spiro atoms. The molecule has 1 aromatic carbocycles. The Balaban J connectivity index is 1.59. The first kappa shape index (κ1) is 20.7. The van der Waals surface area contributed by atoms with Crippen molar-refractivity contribution >= 4 is 17.2 Å². The second kappa shape index (κ2) is 8.57. The van der Waals surface area contributed by atoms with Gasteiger partial charge in [-0.25, -0.2) is 9.97 Å². The Kier molecular flexibility index (Phi) is 6.12. The van der Waals surface area contributed by atoms with Crippen LogP contribution in [0.15, 0.2) is 40.6 Å². The van der Waals surface area contributed by atoms with Gasteiger partial charge in [0.05, 0.1) is 17.2 Å². The van der Waals surface area contributed by atoms with Gasteiger partial charge in [0.2, 0.25) is 0 Å². The average Bonchev–Trinajstić information content (AvgIpc) is 3.09. The number of aromatic amines is 1. The predicted molar refractivity (Wildman–Crippen MR) is 112 cm³/mol. The third-order valence-corrected chi connectivity index (χ3v) is 5.11. The van der Waals surface area contributed by atoms with E-state index in [1.54, 1.807) is 0 Å². The first-order valence-electron chi connectivity index (χ1n) is 9.23. The fraction of sp³-hybridized carbons (Fsp3) is 0.333. The van der Waals surface area contributed by atoms with Gasteiger partial charge in [-0.15, -0.1) is 11.3 Å². The second-order valence-corrected chi connectivity index (χ2v) is 8.74. The zero-order chi connectivity index (χ0) is 21.0. The van der Waals surface area contributed by atoms with E-state index < -0.39 is 11.5 Å². The molecule has 2 aromatic heterocycles. The zero-order valence-electron chi connectivity index (χ0n) is 16.9. The standard InChI is InChI=1S/C21H24N4O3S/c1-13-24-15(12-29-13)9-23-19(26)17-10-22-18(25-20(17)27)11-28-16-7-5-14(6-8-16)21(2,3)4/h5-8,10,12H,9,11H2,1-4H3,(H,23,26)(H,22,25,27). The summed E-state index contributed by atoms with van der Waals surface area (Å²) in [4.78, 5) is 35.5. The lowest BCUT2D eigenvalue weighted by atomic mass is 9.87. The molecule has 0 unspecified atom stereocenters. The number of carbonyl (C=O) groups excluding carboxylic acids is 1. The smallest absolute Gasteiger partial charge is 0.263 e. The van der Waals surface area contributed by atoms with Gasteiger partial charge in [-0.05, 0) is 30.0 Å². The summed E-state index contributed by atoms with van der Waals surface area (Å²) in [5.41, 5.74) is 1.48. The van der Waals surface area contributed by atoms with Gasteiger partial charge < -0.3 is 15.0 Å². The summed E-state index contributed by atoms with van der Waals surface area (Å²) in [6, 6.07) is 7.81. The molecule has 0 saturated carbocycles. The second-order valence-electron chi connectivity index (χ2n) is 7.68. The summed E-state index contributed by atoms with van der Waals surface area (Å²) < 4.78 is 5.68. The molecule has 7 nitrogen and oxygen atoms in total. The van der Waals surface area contributed by atoms with Gasteiger partial charge >= 0.3 is 0 Å². The first-order valence-corrected chi connectivity index (χ1v) is 10.1. The van der Waals surface area contributed by atoms with Gasteiger partial charge in [-0.2, -0.15) is 0 Å². The highest BCUT2D eigenvalue weighted by molar-refractivity contribution is 7.09. The van der Waals surface area contributed by atoms with Crippen LogP contribution in [-0.4, -0.2) is 20.9 Å².